The molecule has 0 saturated carbocycles. The lowest BCUT2D eigenvalue weighted by atomic mass is 9.96. The van der Waals surface area contributed by atoms with Crippen LogP contribution in [0, 0.1) is 0 Å². The molecule has 0 saturated heterocycles. The minimum atomic E-state index is 0.222. The van der Waals surface area contributed by atoms with Crippen molar-refractivity contribution in [2.24, 2.45) is 0 Å². The summed E-state index contributed by atoms with van der Waals surface area (Å²) >= 11 is 1.83. The number of hydrogen-bond acceptors (Lipinski definition) is 4. The molecule has 0 unspecified atom stereocenters. The van der Waals surface area contributed by atoms with Gasteiger partial charge in [-0.05, 0) is 19.5 Å². The van der Waals surface area contributed by atoms with Crippen LogP contribution in [0.3, 0.4) is 0 Å². The van der Waals surface area contributed by atoms with Gasteiger partial charge < -0.3 is 5.32 Å². The lowest BCUT2D eigenvalue weighted by molar-refractivity contribution is 0.327. The fraction of sp³-hybridized carbons (Fsp3) is 0.750. The molecule has 0 bridgehead atoms. The van der Waals surface area contributed by atoms with Crippen molar-refractivity contribution in [2.45, 2.75) is 32.7 Å². The van der Waals surface area contributed by atoms with Gasteiger partial charge in [0.25, 0.3) is 0 Å². The third-order valence-electron chi connectivity index (χ3n) is 2.44. The van der Waals surface area contributed by atoms with Crippen LogP contribution in [-0.2, 0) is 12.0 Å². The monoisotopic (exact) mass is 241 g/mol. The van der Waals surface area contributed by atoms with E-state index in [2.05, 4.69) is 43.0 Å². The molecule has 0 radical (unpaired) electrons. The maximum atomic E-state index is 4.49. The van der Waals surface area contributed by atoms with E-state index in [-0.39, 0.29) is 5.41 Å². The second-order valence-corrected chi connectivity index (χ2v) is 6.32. The van der Waals surface area contributed by atoms with Gasteiger partial charge in [0.2, 0.25) is 0 Å². The highest BCUT2D eigenvalue weighted by Crippen LogP contribution is 2.27. The first-order valence-electron chi connectivity index (χ1n) is 5.72. The van der Waals surface area contributed by atoms with Gasteiger partial charge in [0.15, 0.2) is 0 Å². The highest BCUT2D eigenvalue weighted by Gasteiger charge is 2.17. The van der Waals surface area contributed by atoms with E-state index < -0.39 is 0 Å². The molecule has 4 heteroatoms. The van der Waals surface area contributed by atoms with Crippen molar-refractivity contribution in [3.63, 3.8) is 0 Å². The number of nitrogens with zero attached hydrogens (tertiary/aromatic N) is 2. The molecule has 0 amide bonds. The molecule has 1 rings (SSSR count). The molecule has 1 aromatic heterocycles. The van der Waals surface area contributed by atoms with E-state index in [0.717, 1.165) is 19.6 Å². The SMILES string of the molecule is CNCCN(C)Cc1ncc(C(C)(C)C)s1. The van der Waals surface area contributed by atoms with Gasteiger partial charge in [0.05, 0.1) is 6.54 Å². The number of thiazole rings is 1. The van der Waals surface area contributed by atoms with Crippen molar-refractivity contribution in [1.82, 2.24) is 15.2 Å². The number of likely N-dealkylation sites (N-methyl/N-ethyl adjacent to an activating group) is 2. The largest absolute Gasteiger partial charge is 0.318 e. The fourth-order valence-corrected chi connectivity index (χ4v) is 2.40. The number of aromatic nitrogens is 1. The highest BCUT2D eigenvalue weighted by atomic mass is 32.1. The summed E-state index contributed by atoms with van der Waals surface area (Å²) in [5.41, 5.74) is 0.222. The second-order valence-electron chi connectivity index (χ2n) is 5.21. The average Bonchev–Trinajstić information content (AvgIpc) is 2.62. The first-order valence-corrected chi connectivity index (χ1v) is 6.53. The van der Waals surface area contributed by atoms with E-state index in [1.807, 2.05) is 24.6 Å². The Morgan fingerprint density at radius 2 is 2.12 bits per heavy atom. The molecule has 92 valence electrons. The summed E-state index contributed by atoms with van der Waals surface area (Å²) in [5.74, 6) is 0. The second kappa shape index (κ2) is 5.75. The predicted octanol–water partition coefficient (Wildman–Crippen LogP) is 2.09. The number of nitrogens with one attached hydrogen (secondary N) is 1. The summed E-state index contributed by atoms with van der Waals surface area (Å²) < 4.78 is 0. The van der Waals surface area contributed by atoms with Crippen LogP contribution in [0.4, 0.5) is 0 Å². The highest BCUT2D eigenvalue weighted by molar-refractivity contribution is 7.11. The van der Waals surface area contributed by atoms with Crippen molar-refractivity contribution in [1.29, 1.82) is 0 Å². The Labute approximate surface area is 103 Å². The van der Waals surface area contributed by atoms with E-state index >= 15 is 0 Å². The van der Waals surface area contributed by atoms with Gasteiger partial charge in [0.1, 0.15) is 5.01 Å². The van der Waals surface area contributed by atoms with Crippen molar-refractivity contribution < 1.29 is 0 Å². The molecule has 1 heterocycles. The Balaban J connectivity index is 2.52. The van der Waals surface area contributed by atoms with Gasteiger partial charge in [-0.2, -0.15) is 0 Å². The molecule has 0 spiro atoms. The summed E-state index contributed by atoms with van der Waals surface area (Å²) in [6.45, 7) is 9.72. The summed E-state index contributed by atoms with van der Waals surface area (Å²) in [5, 5.41) is 4.37. The molecular formula is C12H23N3S. The Kier molecular flexibility index (Phi) is 4.89. The molecule has 0 atom stereocenters. The van der Waals surface area contributed by atoms with Gasteiger partial charge in [-0.25, -0.2) is 4.98 Å². The van der Waals surface area contributed by atoms with Gasteiger partial charge in [-0.3, -0.25) is 4.90 Å². The quantitative estimate of drug-likeness (QED) is 0.855. The number of hydrogen-bond donors (Lipinski definition) is 1. The lowest BCUT2D eigenvalue weighted by Crippen LogP contribution is -2.26. The Morgan fingerprint density at radius 1 is 1.44 bits per heavy atom. The van der Waals surface area contributed by atoms with E-state index in [0.29, 0.717) is 0 Å². The van der Waals surface area contributed by atoms with Crippen molar-refractivity contribution >= 4 is 11.3 Å². The first-order chi connectivity index (χ1) is 7.43. The predicted molar refractivity (Wildman–Crippen MR) is 71.1 cm³/mol. The zero-order chi connectivity index (χ0) is 12.2. The molecule has 0 fully saturated rings. The van der Waals surface area contributed by atoms with Crippen LogP contribution in [-0.4, -0.2) is 37.1 Å². The summed E-state index contributed by atoms with van der Waals surface area (Å²) in [7, 11) is 4.12. The van der Waals surface area contributed by atoms with Crippen LogP contribution in [0.15, 0.2) is 6.20 Å². The lowest BCUT2D eigenvalue weighted by Gasteiger charge is -2.15. The van der Waals surface area contributed by atoms with E-state index in [9.17, 15) is 0 Å². The molecule has 0 aliphatic heterocycles. The molecule has 3 nitrogen and oxygen atoms in total. The van der Waals surface area contributed by atoms with Crippen LogP contribution in [0.2, 0.25) is 0 Å². The third kappa shape index (κ3) is 4.20. The maximum Gasteiger partial charge on any atom is 0.107 e. The standard InChI is InChI=1S/C12H23N3S/c1-12(2,3)10-8-14-11(16-10)9-15(5)7-6-13-4/h8,13H,6-7,9H2,1-5H3. The van der Waals surface area contributed by atoms with Crippen LogP contribution >= 0.6 is 11.3 Å². The number of rotatable bonds is 5. The van der Waals surface area contributed by atoms with Crippen LogP contribution in [0.25, 0.3) is 0 Å². The van der Waals surface area contributed by atoms with E-state index in [1.54, 1.807) is 0 Å². The minimum absolute atomic E-state index is 0.222. The van der Waals surface area contributed by atoms with Gasteiger partial charge >= 0.3 is 0 Å². The minimum Gasteiger partial charge on any atom is -0.318 e. The van der Waals surface area contributed by atoms with Crippen LogP contribution < -0.4 is 5.32 Å². The molecule has 16 heavy (non-hydrogen) atoms. The summed E-state index contributed by atoms with van der Waals surface area (Å²) in [6.07, 6.45) is 2.02. The molecule has 1 N–H and O–H groups in total. The Bertz CT molecular complexity index is 314. The van der Waals surface area contributed by atoms with Crippen molar-refractivity contribution in [3.05, 3.63) is 16.1 Å². The topological polar surface area (TPSA) is 28.2 Å². The Morgan fingerprint density at radius 3 is 2.62 bits per heavy atom. The maximum absolute atomic E-state index is 4.49. The smallest absolute Gasteiger partial charge is 0.107 e. The zero-order valence-electron chi connectivity index (χ0n) is 11.0. The van der Waals surface area contributed by atoms with Gasteiger partial charge in [0, 0.05) is 24.2 Å². The third-order valence-corrected chi connectivity index (χ3v) is 3.85. The molecule has 0 aromatic carbocycles. The molecule has 0 aliphatic carbocycles. The first kappa shape index (κ1) is 13.6. The van der Waals surface area contributed by atoms with Gasteiger partial charge in [-0.1, -0.05) is 20.8 Å². The Hall–Kier alpha value is -0.450. The average molecular weight is 241 g/mol. The summed E-state index contributed by atoms with van der Waals surface area (Å²) in [4.78, 5) is 8.15. The van der Waals surface area contributed by atoms with Crippen LogP contribution in [0.1, 0.15) is 30.7 Å². The van der Waals surface area contributed by atoms with Crippen molar-refractivity contribution in [3.8, 4) is 0 Å². The fourth-order valence-electron chi connectivity index (χ4n) is 1.34. The van der Waals surface area contributed by atoms with E-state index in [4.69, 9.17) is 0 Å². The zero-order valence-corrected chi connectivity index (χ0v) is 11.8. The molecular weight excluding hydrogens is 218 g/mol. The van der Waals surface area contributed by atoms with Crippen LogP contribution in [0.5, 0.6) is 0 Å². The normalized spacial score (nSPS) is 12.4. The van der Waals surface area contributed by atoms with Crippen molar-refractivity contribution in [2.75, 3.05) is 27.2 Å². The molecule has 0 aliphatic rings. The molecule has 1 aromatic rings. The summed E-state index contributed by atoms with van der Waals surface area (Å²) in [6, 6.07) is 0. The van der Waals surface area contributed by atoms with E-state index in [1.165, 1.54) is 9.88 Å². The van der Waals surface area contributed by atoms with Gasteiger partial charge in [-0.15, -0.1) is 11.3 Å².